The van der Waals surface area contributed by atoms with Crippen molar-refractivity contribution in [2.75, 3.05) is 5.32 Å². The van der Waals surface area contributed by atoms with Crippen LogP contribution in [0.2, 0.25) is 0 Å². The Kier molecular flexibility index (Phi) is 3.86. The Hall–Kier alpha value is -2.28. The van der Waals surface area contributed by atoms with Crippen molar-refractivity contribution in [2.45, 2.75) is 32.9 Å². The molecule has 1 N–H and O–H groups in total. The Bertz CT molecular complexity index is 575. The van der Waals surface area contributed by atoms with Gasteiger partial charge in [-0.3, -0.25) is 4.68 Å². The van der Waals surface area contributed by atoms with Gasteiger partial charge in [-0.05, 0) is 38.5 Å². The molecule has 1 unspecified atom stereocenters. The number of nitrogens with one attached hydrogen (secondary N) is 1. The molecule has 0 saturated heterocycles. The lowest BCUT2D eigenvalue weighted by Gasteiger charge is -2.14. The number of benzene rings is 1. The van der Waals surface area contributed by atoms with Crippen LogP contribution in [0.25, 0.3) is 0 Å². The van der Waals surface area contributed by atoms with Gasteiger partial charge in [0.25, 0.3) is 0 Å². The highest BCUT2D eigenvalue weighted by molar-refractivity contribution is 5.42. The predicted molar refractivity (Wildman–Crippen MR) is 75.8 cm³/mol. The summed E-state index contributed by atoms with van der Waals surface area (Å²) < 4.78 is 1.92. The lowest BCUT2D eigenvalue weighted by Crippen LogP contribution is -2.06. The summed E-state index contributed by atoms with van der Waals surface area (Å²) >= 11 is 0. The van der Waals surface area contributed by atoms with E-state index < -0.39 is 0 Å². The molecule has 1 aromatic heterocycles. The molecule has 0 aliphatic carbocycles. The first-order chi connectivity index (χ1) is 9.10. The minimum absolute atomic E-state index is 0.178. The third kappa shape index (κ3) is 3.14. The highest BCUT2D eigenvalue weighted by Gasteiger charge is 2.07. The zero-order valence-corrected chi connectivity index (χ0v) is 11.5. The third-order valence-corrected chi connectivity index (χ3v) is 3.05. The van der Waals surface area contributed by atoms with Crippen LogP contribution in [-0.2, 0) is 0 Å². The Morgan fingerprint density at radius 3 is 2.42 bits per heavy atom. The average molecular weight is 254 g/mol. The van der Waals surface area contributed by atoms with E-state index >= 15 is 0 Å². The van der Waals surface area contributed by atoms with Gasteiger partial charge in [0.05, 0.1) is 23.5 Å². The molecule has 0 aliphatic heterocycles. The normalized spacial score (nSPS) is 12.2. The van der Waals surface area contributed by atoms with Crippen LogP contribution < -0.4 is 5.32 Å². The van der Waals surface area contributed by atoms with Crippen molar-refractivity contribution in [3.05, 3.63) is 47.8 Å². The van der Waals surface area contributed by atoms with E-state index in [9.17, 15) is 0 Å². The molecule has 2 aromatic rings. The molecule has 98 valence electrons. The van der Waals surface area contributed by atoms with Gasteiger partial charge in [0.1, 0.15) is 0 Å². The second kappa shape index (κ2) is 5.57. The predicted octanol–water partition coefficient (Wildman–Crippen LogP) is 3.51. The van der Waals surface area contributed by atoms with Crippen LogP contribution in [0.4, 0.5) is 5.69 Å². The number of nitriles is 1. The molecule has 0 amide bonds. The molecular formula is C15H18N4. The van der Waals surface area contributed by atoms with Crippen LogP contribution in [0, 0.1) is 11.3 Å². The van der Waals surface area contributed by atoms with Crippen molar-refractivity contribution in [2.24, 2.45) is 0 Å². The highest BCUT2D eigenvalue weighted by Crippen LogP contribution is 2.20. The largest absolute Gasteiger partial charge is 0.376 e. The maximum absolute atomic E-state index is 8.78. The summed E-state index contributed by atoms with van der Waals surface area (Å²) in [4.78, 5) is 0. The molecule has 0 aliphatic rings. The maximum Gasteiger partial charge on any atom is 0.0991 e. The Balaban J connectivity index is 2.07. The number of rotatable bonds is 4. The molecule has 2 rings (SSSR count). The highest BCUT2D eigenvalue weighted by atomic mass is 15.3. The average Bonchev–Trinajstić information content (AvgIpc) is 2.87. The summed E-state index contributed by atoms with van der Waals surface area (Å²) in [5.74, 6) is 0. The van der Waals surface area contributed by atoms with Crippen molar-refractivity contribution in [1.29, 1.82) is 5.26 Å². The summed E-state index contributed by atoms with van der Waals surface area (Å²) in [5.41, 5.74) is 2.84. The molecule has 0 spiro atoms. The third-order valence-electron chi connectivity index (χ3n) is 3.05. The number of anilines is 1. The van der Waals surface area contributed by atoms with Gasteiger partial charge in [-0.1, -0.05) is 12.1 Å². The van der Waals surface area contributed by atoms with Crippen LogP contribution in [0.15, 0.2) is 36.7 Å². The second-order valence-corrected chi connectivity index (χ2v) is 4.90. The minimum atomic E-state index is 0.178. The molecule has 0 bridgehead atoms. The fraction of sp³-hybridized carbons (Fsp3) is 0.333. The zero-order chi connectivity index (χ0) is 13.8. The molecule has 19 heavy (non-hydrogen) atoms. The van der Waals surface area contributed by atoms with Crippen LogP contribution in [0.1, 0.15) is 44.0 Å². The topological polar surface area (TPSA) is 53.6 Å². The van der Waals surface area contributed by atoms with E-state index in [1.165, 1.54) is 0 Å². The SMILES string of the molecule is CC(Nc1cnn(C(C)C)c1)c1ccc(C#N)cc1. The first kappa shape index (κ1) is 13.2. The standard InChI is InChI=1S/C15H18N4/c1-11(2)19-10-15(9-17-19)18-12(3)14-6-4-13(8-16)5-7-14/h4-7,9-12,18H,1-3H3. The Morgan fingerprint density at radius 1 is 1.21 bits per heavy atom. The summed E-state index contributed by atoms with van der Waals surface area (Å²) in [6.07, 6.45) is 3.84. The molecule has 4 nitrogen and oxygen atoms in total. The van der Waals surface area contributed by atoms with Gasteiger partial charge < -0.3 is 5.32 Å². The monoisotopic (exact) mass is 254 g/mol. The van der Waals surface area contributed by atoms with E-state index in [1.54, 1.807) is 0 Å². The van der Waals surface area contributed by atoms with Crippen LogP contribution in [0.3, 0.4) is 0 Å². The lowest BCUT2D eigenvalue weighted by molar-refractivity contribution is 0.532. The Labute approximate surface area is 113 Å². The van der Waals surface area contributed by atoms with E-state index in [-0.39, 0.29) is 6.04 Å². The van der Waals surface area contributed by atoms with E-state index in [2.05, 4.69) is 37.3 Å². The zero-order valence-electron chi connectivity index (χ0n) is 11.5. The second-order valence-electron chi connectivity index (χ2n) is 4.90. The fourth-order valence-corrected chi connectivity index (χ4v) is 1.87. The number of aromatic nitrogens is 2. The number of hydrogen-bond acceptors (Lipinski definition) is 3. The molecule has 1 heterocycles. The van der Waals surface area contributed by atoms with Crippen LogP contribution >= 0.6 is 0 Å². The molecule has 1 atom stereocenters. The van der Waals surface area contributed by atoms with Crippen LogP contribution in [0.5, 0.6) is 0 Å². The van der Waals surface area contributed by atoms with E-state index in [0.29, 0.717) is 11.6 Å². The maximum atomic E-state index is 8.78. The molecule has 1 aromatic carbocycles. The lowest BCUT2D eigenvalue weighted by atomic mass is 10.1. The van der Waals surface area contributed by atoms with Crippen molar-refractivity contribution in [1.82, 2.24) is 9.78 Å². The first-order valence-corrected chi connectivity index (χ1v) is 6.41. The summed E-state index contributed by atoms with van der Waals surface area (Å²) in [7, 11) is 0. The quantitative estimate of drug-likeness (QED) is 0.908. The van der Waals surface area contributed by atoms with E-state index in [1.807, 2.05) is 41.3 Å². The molecule has 0 radical (unpaired) electrons. The fourth-order valence-electron chi connectivity index (χ4n) is 1.87. The number of hydrogen-bond donors (Lipinski definition) is 1. The van der Waals surface area contributed by atoms with Gasteiger partial charge in [-0.25, -0.2) is 0 Å². The van der Waals surface area contributed by atoms with E-state index in [4.69, 9.17) is 5.26 Å². The van der Waals surface area contributed by atoms with Crippen molar-refractivity contribution in [3.63, 3.8) is 0 Å². The van der Waals surface area contributed by atoms with Crippen LogP contribution in [-0.4, -0.2) is 9.78 Å². The number of nitrogens with zero attached hydrogens (tertiary/aromatic N) is 3. The minimum Gasteiger partial charge on any atom is -0.376 e. The summed E-state index contributed by atoms with van der Waals surface area (Å²) in [5, 5.41) is 16.5. The molecule has 0 saturated carbocycles. The van der Waals surface area contributed by atoms with Gasteiger partial charge in [-0.2, -0.15) is 10.4 Å². The Morgan fingerprint density at radius 2 is 1.89 bits per heavy atom. The van der Waals surface area contributed by atoms with Gasteiger partial charge >= 0.3 is 0 Å². The van der Waals surface area contributed by atoms with Gasteiger partial charge in [0.15, 0.2) is 0 Å². The summed E-state index contributed by atoms with van der Waals surface area (Å²) in [6, 6.07) is 10.3. The van der Waals surface area contributed by atoms with Gasteiger partial charge in [0, 0.05) is 18.3 Å². The van der Waals surface area contributed by atoms with Gasteiger partial charge in [-0.15, -0.1) is 0 Å². The molecular weight excluding hydrogens is 236 g/mol. The van der Waals surface area contributed by atoms with Crippen molar-refractivity contribution >= 4 is 5.69 Å². The van der Waals surface area contributed by atoms with Crippen molar-refractivity contribution in [3.8, 4) is 6.07 Å². The molecule has 4 heteroatoms. The first-order valence-electron chi connectivity index (χ1n) is 6.41. The molecule has 0 fully saturated rings. The van der Waals surface area contributed by atoms with E-state index in [0.717, 1.165) is 11.3 Å². The van der Waals surface area contributed by atoms with Crippen molar-refractivity contribution < 1.29 is 0 Å². The summed E-state index contributed by atoms with van der Waals surface area (Å²) in [6.45, 7) is 6.29. The smallest absolute Gasteiger partial charge is 0.0991 e. The van der Waals surface area contributed by atoms with Gasteiger partial charge in [0.2, 0.25) is 0 Å².